The number of nitrogens with one attached hydrogen (secondary N) is 4. The minimum absolute atomic E-state index is 0.0283. The zero-order chi connectivity index (χ0) is 31.8. The molecule has 0 bridgehead atoms. The number of Topliss-reactive ketones (excluding diaryl/α,β-unsaturated/α-hetero) is 1. The van der Waals surface area contributed by atoms with E-state index in [9.17, 15) is 41.5 Å². The molecule has 232 valence electrons. The number of amides is 4. The van der Waals surface area contributed by atoms with Gasteiger partial charge in [0.05, 0.1) is 6.04 Å². The summed E-state index contributed by atoms with van der Waals surface area (Å²) in [6.45, 7) is 2.65. The molecule has 0 aromatic heterocycles. The maximum absolute atomic E-state index is 14.0. The first-order chi connectivity index (χ1) is 20.3. The average molecular weight is 629 g/mol. The molecular formula is C28H29ClF4N4O6. The van der Waals surface area contributed by atoms with Crippen LogP contribution in [0.4, 0.5) is 23.2 Å². The number of anilines is 1. The smallest absolute Gasteiger partial charge is 0.313 e. The molecule has 1 heterocycles. The van der Waals surface area contributed by atoms with Crippen molar-refractivity contribution in [3.8, 4) is 5.75 Å². The maximum Gasteiger partial charge on any atom is 0.313 e. The van der Waals surface area contributed by atoms with Crippen molar-refractivity contribution in [2.75, 3.05) is 18.5 Å². The van der Waals surface area contributed by atoms with Crippen molar-refractivity contribution in [3.63, 3.8) is 0 Å². The minimum atomic E-state index is -1.86. The Labute approximate surface area is 248 Å². The first-order valence-electron chi connectivity index (χ1n) is 13.2. The summed E-state index contributed by atoms with van der Waals surface area (Å²) in [5.74, 6) is -14.1. The number of ketones is 1. The van der Waals surface area contributed by atoms with Gasteiger partial charge in [-0.25, -0.2) is 8.78 Å². The summed E-state index contributed by atoms with van der Waals surface area (Å²) in [4.78, 5) is 63.6. The molecule has 2 aromatic rings. The largest absolute Gasteiger partial charge is 0.479 e. The minimum Gasteiger partial charge on any atom is -0.479 e. The summed E-state index contributed by atoms with van der Waals surface area (Å²) in [5, 5.41) is 9.95. The Bertz CT molecular complexity index is 1380. The van der Waals surface area contributed by atoms with Crippen LogP contribution < -0.4 is 26.0 Å². The Kier molecular flexibility index (Phi) is 11.5. The van der Waals surface area contributed by atoms with Crippen LogP contribution in [0.3, 0.4) is 0 Å². The van der Waals surface area contributed by atoms with E-state index in [0.29, 0.717) is 18.0 Å². The number of carbonyl (C=O) groups is 5. The van der Waals surface area contributed by atoms with Crippen molar-refractivity contribution in [1.29, 1.82) is 0 Å². The Morgan fingerprint density at radius 3 is 2.26 bits per heavy atom. The number of hydrogen-bond donors (Lipinski definition) is 4. The first kappa shape index (κ1) is 33.3. The number of ether oxygens (including phenoxy) is 1. The molecule has 0 unspecified atom stereocenters. The predicted molar refractivity (Wildman–Crippen MR) is 146 cm³/mol. The average Bonchev–Trinajstić information content (AvgIpc) is 3.34. The number of rotatable bonds is 12. The molecule has 0 aliphatic carbocycles. The Hall–Kier alpha value is -4.20. The van der Waals surface area contributed by atoms with Crippen LogP contribution >= 0.6 is 11.6 Å². The molecule has 1 aliphatic heterocycles. The molecule has 0 radical (unpaired) electrons. The highest BCUT2D eigenvalue weighted by atomic mass is 35.5. The number of halogens is 5. The lowest BCUT2D eigenvalue weighted by molar-refractivity contribution is -0.138. The van der Waals surface area contributed by atoms with E-state index < -0.39 is 83.0 Å². The van der Waals surface area contributed by atoms with Crippen LogP contribution in [-0.2, 0) is 24.0 Å². The van der Waals surface area contributed by atoms with E-state index in [0.717, 1.165) is 0 Å². The highest BCUT2D eigenvalue weighted by molar-refractivity contribution is 6.40. The quantitative estimate of drug-likeness (QED) is 0.162. The van der Waals surface area contributed by atoms with Gasteiger partial charge in [-0.1, -0.05) is 31.5 Å². The molecule has 10 nitrogen and oxygen atoms in total. The van der Waals surface area contributed by atoms with Crippen LogP contribution in [0.1, 0.15) is 33.1 Å². The number of hydrogen-bond acceptors (Lipinski definition) is 6. The molecule has 3 atom stereocenters. The standard InChI is InChI=1S/C28H29ClF4N4O6/c1-13(2)8-20(37-28(42)27(41)35-16-5-3-4-15(29)10-16)26(40)36-19(9-14-6-7-34-25(14)39)21(38)12-43-24-22(32)17(30)11-18(31)23(24)33/h3-5,10-11,13-14,19-20H,6-9,12H2,1-2H3,(H,34,39)(H,35,41)(H,36,40)(H,37,42)/t14-,19-,20-/m0/s1. The van der Waals surface area contributed by atoms with Gasteiger partial charge in [-0.2, -0.15) is 8.78 Å². The van der Waals surface area contributed by atoms with Gasteiger partial charge in [-0.15, -0.1) is 0 Å². The van der Waals surface area contributed by atoms with Crippen molar-refractivity contribution in [2.45, 2.75) is 45.2 Å². The molecule has 2 aromatic carbocycles. The third-order valence-corrected chi connectivity index (χ3v) is 6.67. The number of carbonyl (C=O) groups excluding carboxylic acids is 5. The molecule has 0 saturated carbocycles. The SMILES string of the molecule is CC(C)C[C@H](NC(=O)C(=O)Nc1cccc(Cl)c1)C(=O)N[C@@H](C[C@@H]1CCNC1=O)C(=O)COc1c(F)c(F)cc(F)c1F. The summed E-state index contributed by atoms with van der Waals surface area (Å²) >= 11 is 5.88. The molecule has 15 heteroatoms. The highest BCUT2D eigenvalue weighted by Crippen LogP contribution is 2.27. The normalized spacial score (nSPS) is 15.8. The molecule has 3 rings (SSSR count). The van der Waals surface area contributed by atoms with Crippen molar-refractivity contribution >= 4 is 46.7 Å². The zero-order valence-electron chi connectivity index (χ0n) is 23.1. The highest BCUT2D eigenvalue weighted by Gasteiger charge is 2.34. The topological polar surface area (TPSA) is 143 Å². The van der Waals surface area contributed by atoms with Gasteiger partial charge >= 0.3 is 11.8 Å². The van der Waals surface area contributed by atoms with Gasteiger partial charge < -0.3 is 26.0 Å². The zero-order valence-corrected chi connectivity index (χ0v) is 23.8. The third kappa shape index (κ3) is 9.14. The van der Waals surface area contributed by atoms with Gasteiger partial charge in [0, 0.05) is 29.2 Å². The van der Waals surface area contributed by atoms with E-state index in [4.69, 9.17) is 16.3 Å². The fourth-order valence-electron chi connectivity index (χ4n) is 4.30. The van der Waals surface area contributed by atoms with E-state index in [1.165, 1.54) is 12.1 Å². The van der Waals surface area contributed by atoms with E-state index >= 15 is 0 Å². The van der Waals surface area contributed by atoms with Crippen LogP contribution in [0, 0.1) is 35.1 Å². The second-order valence-electron chi connectivity index (χ2n) is 10.2. The Balaban J connectivity index is 1.76. The van der Waals surface area contributed by atoms with Crippen LogP contribution in [0.2, 0.25) is 5.02 Å². The van der Waals surface area contributed by atoms with E-state index in [-0.39, 0.29) is 30.5 Å². The van der Waals surface area contributed by atoms with Crippen molar-refractivity contribution < 1.29 is 46.3 Å². The van der Waals surface area contributed by atoms with E-state index in [2.05, 4.69) is 21.3 Å². The summed E-state index contributed by atoms with van der Waals surface area (Å²) in [6.07, 6.45) is 0.0930. The van der Waals surface area contributed by atoms with Crippen LogP contribution in [-0.4, -0.2) is 54.6 Å². The summed E-state index contributed by atoms with van der Waals surface area (Å²) in [7, 11) is 0. The van der Waals surface area contributed by atoms with Crippen LogP contribution in [0.15, 0.2) is 30.3 Å². The van der Waals surface area contributed by atoms with Gasteiger partial charge in [0.1, 0.15) is 12.6 Å². The lowest BCUT2D eigenvalue weighted by Crippen LogP contribution is -2.54. The maximum atomic E-state index is 14.0. The fraction of sp³-hybridized carbons (Fsp3) is 0.393. The number of benzene rings is 2. The predicted octanol–water partition coefficient (Wildman–Crippen LogP) is 3.02. The van der Waals surface area contributed by atoms with Gasteiger partial charge in [0.25, 0.3) is 0 Å². The molecule has 4 N–H and O–H groups in total. The van der Waals surface area contributed by atoms with Gasteiger partial charge in [-0.05, 0) is 43.4 Å². The molecule has 0 spiro atoms. The monoisotopic (exact) mass is 628 g/mol. The van der Waals surface area contributed by atoms with Crippen LogP contribution in [0.25, 0.3) is 0 Å². The molecule has 1 fully saturated rings. The van der Waals surface area contributed by atoms with Crippen molar-refractivity contribution in [3.05, 3.63) is 58.6 Å². The Morgan fingerprint density at radius 2 is 1.67 bits per heavy atom. The first-order valence-corrected chi connectivity index (χ1v) is 13.6. The third-order valence-electron chi connectivity index (χ3n) is 6.44. The Morgan fingerprint density at radius 1 is 1.00 bits per heavy atom. The molecule has 1 aliphatic rings. The lowest BCUT2D eigenvalue weighted by Gasteiger charge is -2.25. The van der Waals surface area contributed by atoms with Crippen LogP contribution in [0.5, 0.6) is 5.75 Å². The molecule has 1 saturated heterocycles. The van der Waals surface area contributed by atoms with E-state index in [1.807, 2.05) is 0 Å². The molecular weight excluding hydrogens is 600 g/mol. The van der Waals surface area contributed by atoms with E-state index in [1.54, 1.807) is 26.0 Å². The van der Waals surface area contributed by atoms with Gasteiger partial charge in [0.2, 0.25) is 23.4 Å². The summed E-state index contributed by atoms with van der Waals surface area (Å²) in [6, 6.07) is 3.17. The fourth-order valence-corrected chi connectivity index (χ4v) is 4.49. The summed E-state index contributed by atoms with van der Waals surface area (Å²) in [5.41, 5.74) is 0.226. The second kappa shape index (κ2) is 14.8. The second-order valence-corrected chi connectivity index (χ2v) is 10.7. The lowest BCUT2D eigenvalue weighted by atomic mass is 9.95. The van der Waals surface area contributed by atoms with Gasteiger partial charge in [0.15, 0.2) is 23.2 Å². The van der Waals surface area contributed by atoms with Gasteiger partial charge in [-0.3, -0.25) is 24.0 Å². The van der Waals surface area contributed by atoms with Crippen molar-refractivity contribution in [1.82, 2.24) is 16.0 Å². The molecule has 43 heavy (non-hydrogen) atoms. The summed E-state index contributed by atoms with van der Waals surface area (Å²) < 4.78 is 60.0. The molecule has 4 amide bonds. The van der Waals surface area contributed by atoms with Crippen molar-refractivity contribution in [2.24, 2.45) is 11.8 Å².